The van der Waals surface area contributed by atoms with E-state index in [1.807, 2.05) is 20.8 Å². The van der Waals surface area contributed by atoms with Crippen molar-refractivity contribution in [2.45, 2.75) is 38.5 Å². The number of para-hydroxylation sites is 2. The predicted molar refractivity (Wildman–Crippen MR) is 136 cm³/mol. The van der Waals surface area contributed by atoms with Gasteiger partial charge in [0.1, 0.15) is 12.3 Å². The van der Waals surface area contributed by atoms with E-state index in [2.05, 4.69) is 29.6 Å². The molecule has 0 radical (unpaired) electrons. The number of anilines is 1. The third kappa shape index (κ3) is 6.60. The van der Waals surface area contributed by atoms with Gasteiger partial charge in [0.25, 0.3) is 10.0 Å². The molecule has 180 valence electrons. The van der Waals surface area contributed by atoms with Gasteiger partial charge in [-0.15, -0.1) is 0 Å². The molecular weight excluding hydrogens is 448 g/mol. The summed E-state index contributed by atoms with van der Waals surface area (Å²) < 4.78 is 33.9. The molecule has 0 saturated heterocycles. The summed E-state index contributed by atoms with van der Waals surface area (Å²) in [7, 11) is -3.99. The third-order valence-corrected chi connectivity index (χ3v) is 7.19. The molecule has 0 saturated carbocycles. The van der Waals surface area contributed by atoms with Gasteiger partial charge in [-0.25, -0.2) is 8.42 Å². The first kappa shape index (κ1) is 25.3. The van der Waals surface area contributed by atoms with Gasteiger partial charge in [-0.1, -0.05) is 59.7 Å². The summed E-state index contributed by atoms with van der Waals surface area (Å²) >= 11 is 0. The summed E-state index contributed by atoms with van der Waals surface area (Å²) in [5.74, 6) is 0.0405. The minimum absolute atomic E-state index is 0.122. The van der Waals surface area contributed by atoms with Crippen LogP contribution in [0.3, 0.4) is 0 Å². The average molecular weight is 481 g/mol. The lowest BCUT2D eigenvalue weighted by molar-refractivity contribution is -0.119. The van der Waals surface area contributed by atoms with Crippen molar-refractivity contribution in [2.75, 3.05) is 24.0 Å². The van der Waals surface area contributed by atoms with Gasteiger partial charge < -0.3 is 10.1 Å². The first-order chi connectivity index (χ1) is 16.3. The van der Waals surface area contributed by atoms with E-state index in [-0.39, 0.29) is 17.3 Å². The molecule has 0 atom stereocenters. The van der Waals surface area contributed by atoms with Gasteiger partial charge in [-0.05, 0) is 63.4 Å². The standard InChI is InChI=1S/C27H32N2O4S/c1-4-33-26-10-6-5-9-25(26)29(34(31,32)24-17-13-22(3)14-18-24)20-27(30)28-19-7-8-23-15-11-21(2)12-16-23/h5-6,9-18H,4,7-8,19-20H2,1-3H3,(H,28,30). The van der Waals surface area contributed by atoms with E-state index in [1.165, 1.54) is 11.1 Å². The van der Waals surface area contributed by atoms with Gasteiger partial charge in [0, 0.05) is 6.54 Å². The second-order valence-electron chi connectivity index (χ2n) is 8.16. The van der Waals surface area contributed by atoms with Crippen LogP contribution in [0.25, 0.3) is 0 Å². The summed E-state index contributed by atoms with van der Waals surface area (Å²) in [6, 6.07) is 21.8. The molecule has 0 aliphatic carbocycles. The molecule has 1 amide bonds. The maximum absolute atomic E-state index is 13.6. The Morgan fingerprint density at radius 2 is 1.53 bits per heavy atom. The van der Waals surface area contributed by atoms with Crippen LogP contribution in [0.5, 0.6) is 5.75 Å². The Morgan fingerprint density at radius 1 is 0.912 bits per heavy atom. The number of hydrogen-bond donors (Lipinski definition) is 1. The number of aryl methyl sites for hydroxylation is 3. The normalized spacial score (nSPS) is 11.1. The highest BCUT2D eigenvalue weighted by molar-refractivity contribution is 7.92. The fourth-order valence-corrected chi connectivity index (χ4v) is 4.97. The zero-order valence-corrected chi connectivity index (χ0v) is 20.8. The smallest absolute Gasteiger partial charge is 0.264 e. The molecule has 0 aliphatic rings. The van der Waals surface area contributed by atoms with Crippen LogP contribution in [0.4, 0.5) is 5.69 Å². The Kier molecular flexibility index (Phi) is 8.71. The molecule has 7 heteroatoms. The van der Waals surface area contributed by atoms with Crippen LogP contribution >= 0.6 is 0 Å². The first-order valence-corrected chi connectivity index (χ1v) is 12.9. The Morgan fingerprint density at radius 3 is 2.18 bits per heavy atom. The molecule has 3 rings (SSSR count). The molecule has 0 unspecified atom stereocenters. The molecule has 1 N–H and O–H groups in total. The zero-order chi connectivity index (χ0) is 24.6. The number of hydrogen-bond acceptors (Lipinski definition) is 4. The van der Waals surface area contributed by atoms with Crippen LogP contribution in [0.2, 0.25) is 0 Å². The van der Waals surface area contributed by atoms with E-state index in [9.17, 15) is 13.2 Å². The summed E-state index contributed by atoms with van der Waals surface area (Å²) in [6.45, 7) is 6.26. The molecule has 0 heterocycles. The average Bonchev–Trinajstić information content (AvgIpc) is 2.82. The molecular formula is C27H32N2O4S. The lowest BCUT2D eigenvalue weighted by atomic mass is 10.1. The van der Waals surface area contributed by atoms with Crippen molar-refractivity contribution in [3.63, 3.8) is 0 Å². The highest BCUT2D eigenvalue weighted by Crippen LogP contribution is 2.32. The van der Waals surface area contributed by atoms with Crippen molar-refractivity contribution in [1.29, 1.82) is 0 Å². The Labute approximate surface area is 202 Å². The highest BCUT2D eigenvalue weighted by Gasteiger charge is 2.29. The summed E-state index contributed by atoms with van der Waals surface area (Å²) in [5, 5.41) is 2.86. The van der Waals surface area contributed by atoms with E-state index < -0.39 is 10.0 Å². The van der Waals surface area contributed by atoms with Gasteiger partial charge in [0.15, 0.2) is 0 Å². The quantitative estimate of drug-likeness (QED) is 0.406. The van der Waals surface area contributed by atoms with Crippen LogP contribution in [-0.2, 0) is 21.2 Å². The fourth-order valence-electron chi connectivity index (χ4n) is 3.54. The number of amides is 1. The Bertz CT molecular complexity index is 1190. The van der Waals surface area contributed by atoms with Crippen molar-refractivity contribution in [3.8, 4) is 5.75 Å². The van der Waals surface area contributed by atoms with E-state index in [0.29, 0.717) is 24.6 Å². The summed E-state index contributed by atoms with van der Waals surface area (Å²) in [4.78, 5) is 12.9. The molecule has 3 aromatic carbocycles. The SMILES string of the molecule is CCOc1ccccc1N(CC(=O)NCCCc1ccc(C)cc1)S(=O)(=O)c1ccc(C)cc1. The minimum atomic E-state index is -3.99. The fraction of sp³-hybridized carbons (Fsp3) is 0.296. The van der Waals surface area contributed by atoms with E-state index in [4.69, 9.17) is 4.74 Å². The molecule has 0 aromatic heterocycles. The number of sulfonamides is 1. The topological polar surface area (TPSA) is 75.7 Å². The van der Waals surface area contributed by atoms with E-state index >= 15 is 0 Å². The molecule has 34 heavy (non-hydrogen) atoms. The van der Waals surface area contributed by atoms with E-state index in [0.717, 1.165) is 22.7 Å². The predicted octanol–water partition coefficient (Wildman–Crippen LogP) is 4.65. The maximum Gasteiger partial charge on any atom is 0.264 e. The van der Waals surface area contributed by atoms with Crippen LogP contribution in [0.1, 0.15) is 30.0 Å². The Balaban J connectivity index is 1.76. The lowest BCUT2D eigenvalue weighted by Gasteiger charge is -2.26. The van der Waals surface area contributed by atoms with Crippen molar-refractivity contribution < 1.29 is 17.9 Å². The van der Waals surface area contributed by atoms with E-state index in [1.54, 1.807) is 48.5 Å². The first-order valence-electron chi connectivity index (χ1n) is 11.4. The van der Waals surface area contributed by atoms with Crippen LogP contribution in [0, 0.1) is 13.8 Å². The number of ether oxygens (including phenoxy) is 1. The summed E-state index contributed by atoms with van der Waals surface area (Å²) in [6.07, 6.45) is 1.59. The van der Waals surface area contributed by atoms with Crippen molar-refractivity contribution >= 4 is 21.6 Å². The number of benzene rings is 3. The van der Waals surface area contributed by atoms with Crippen LogP contribution in [0.15, 0.2) is 77.7 Å². The van der Waals surface area contributed by atoms with Gasteiger partial charge >= 0.3 is 0 Å². The largest absolute Gasteiger partial charge is 0.492 e. The van der Waals surface area contributed by atoms with Crippen molar-refractivity contribution in [3.05, 3.63) is 89.5 Å². The van der Waals surface area contributed by atoms with Gasteiger partial charge in [-0.3, -0.25) is 9.10 Å². The van der Waals surface area contributed by atoms with Gasteiger partial charge in [0.05, 0.1) is 17.2 Å². The van der Waals surface area contributed by atoms with Gasteiger partial charge in [-0.2, -0.15) is 0 Å². The maximum atomic E-state index is 13.6. The second kappa shape index (κ2) is 11.7. The minimum Gasteiger partial charge on any atom is -0.492 e. The number of carbonyl (C=O) groups excluding carboxylic acids is 1. The lowest BCUT2D eigenvalue weighted by Crippen LogP contribution is -2.41. The second-order valence-corrected chi connectivity index (χ2v) is 10.0. The number of carbonyl (C=O) groups is 1. The number of rotatable bonds is 11. The molecule has 0 bridgehead atoms. The molecule has 0 aliphatic heterocycles. The number of nitrogens with one attached hydrogen (secondary N) is 1. The van der Waals surface area contributed by atoms with Crippen molar-refractivity contribution in [1.82, 2.24) is 5.32 Å². The highest BCUT2D eigenvalue weighted by atomic mass is 32.2. The van der Waals surface area contributed by atoms with Gasteiger partial charge in [0.2, 0.25) is 5.91 Å². The third-order valence-electron chi connectivity index (χ3n) is 5.41. The molecule has 3 aromatic rings. The Hall–Kier alpha value is -3.32. The van der Waals surface area contributed by atoms with Crippen LogP contribution in [-0.4, -0.2) is 34.0 Å². The molecule has 0 fully saturated rings. The summed E-state index contributed by atoms with van der Waals surface area (Å²) in [5.41, 5.74) is 3.69. The number of nitrogens with zero attached hydrogens (tertiary/aromatic N) is 1. The van der Waals surface area contributed by atoms with Crippen molar-refractivity contribution in [2.24, 2.45) is 0 Å². The molecule has 0 spiro atoms. The van der Waals surface area contributed by atoms with Crippen LogP contribution < -0.4 is 14.4 Å². The monoisotopic (exact) mass is 480 g/mol. The zero-order valence-electron chi connectivity index (χ0n) is 20.0. The molecule has 6 nitrogen and oxygen atoms in total.